The first kappa shape index (κ1) is 25.3. The van der Waals surface area contributed by atoms with E-state index in [4.69, 9.17) is 14.7 Å². The number of fused-ring (bicyclic) bond motifs is 1. The van der Waals surface area contributed by atoms with Crippen molar-refractivity contribution in [3.63, 3.8) is 0 Å². The van der Waals surface area contributed by atoms with Gasteiger partial charge in [0.1, 0.15) is 17.3 Å². The number of ether oxygens (including phenoxy) is 1. The number of aliphatic imine (C=N–C) groups is 1. The molecule has 4 heterocycles. The predicted molar refractivity (Wildman–Crippen MR) is 157 cm³/mol. The number of nitrogens with one attached hydrogen (secondary N) is 1. The Balaban J connectivity index is 0.00000168. The van der Waals surface area contributed by atoms with Crippen LogP contribution in [0.2, 0.25) is 0 Å². The second-order valence-electron chi connectivity index (χ2n) is 11.0. The summed E-state index contributed by atoms with van der Waals surface area (Å²) in [6, 6.07) is 10.4. The van der Waals surface area contributed by atoms with E-state index < -0.39 is 0 Å². The topological polar surface area (TPSA) is 49.8 Å². The van der Waals surface area contributed by atoms with Crippen molar-refractivity contribution >= 4 is 28.2 Å². The number of aromatic nitrogens is 1. The highest BCUT2D eigenvalue weighted by Gasteiger charge is 2.43. The van der Waals surface area contributed by atoms with Crippen LogP contribution in [0.5, 0.6) is 0 Å². The zero-order valence-corrected chi connectivity index (χ0v) is 21.3. The van der Waals surface area contributed by atoms with E-state index >= 15 is 0 Å². The molecule has 0 radical (unpaired) electrons. The smallest absolute Gasteiger partial charge is 0.148 e. The molecule has 1 aromatic carbocycles. The Hall–Kier alpha value is -3.34. The van der Waals surface area contributed by atoms with Gasteiger partial charge in [0.05, 0.1) is 11.8 Å². The third-order valence-corrected chi connectivity index (χ3v) is 8.20. The Kier molecular flexibility index (Phi) is 7.23. The SMILES string of the molecule is C.C=C(Nc1ccc2ccc(C3=CCC=CO3)nc2c1)C1=CC(N2CC3(CCCCCC3)C2)=NCC1C.[HH]. The number of nitrogens with zero attached hydrogens (tertiary/aromatic N) is 3. The molecule has 2 fully saturated rings. The number of hydrogen-bond donors (Lipinski definition) is 1. The predicted octanol–water partition coefficient (Wildman–Crippen LogP) is 7.95. The summed E-state index contributed by atoms with van der Waals surface area (Å²) in [6.45, 7) is 9.80. The van der Waals surface area contributed by atoms with Gasteiger partial charge in [0.2, 0.25) is 0 Å². The molecule has 0 amide bonds. The second kappa shape index (κ2) is 10.6. The van der Waals surface area contributed by atoms with Crippen LogP contribution in [0.4, 0.5) is 5.69 Å². The molecule has 1 unspecified atom stereocenters. The maximum absolute atomic E-state index is 5.65. The summed E-state index contributed by atoms with van der Waals surface area (Å²) in [6.07, 6.45) is 17.3. The van der Waals surface area contributed by atoms with Crippen LogP contribution in [-0.4, -0.2) is 35.4 Å². The Morgan fingerprint density at radius 2 is 1.92 bits per heavy atom. The Labute approximate surface area is 223 Å². The number of allylic oxidation sites excluding steroid dienone is 3. The molecule has 1 saturated carbocycles. The average molecular weight is 499 g/mol. The van der Waals surface area contributed by atoms with Crippen molar-refractivity contribution in [3.05, 3.63) is 78.4 Å². The van der Waals surface area contributed by atoms with E-state index in [-0.39, 0.29) is 8.85 Å². The van der Waals surface area contributed by atoms with Crippen LogP contribution in [0.1, 0.15) is 66.4 Å². The lowest BCUT2D eigenvalue weighted by molar-refractivity contribution is 0.0430. The van der Waals surface area contributed by atoms with Gasteiger partial charge in [0.15, 0.2) is 0 Å². The summed E-state index contributed by atoms with van der Waals surface area (Å²) in [5.41, 5.74) is 5.51. The van der Waals surface area contributed by atoms with Crippen molar-refractivity contribution < 1.29 is 6.16 Å². The van der Waals surface area contributed by atoms with Crippen LogP contribution in [0.15, 0.2) is 77.7 Å². The number of amidine groups is 1. The molecule has 196 valence electrons. The molecule has 3 aliphatic heterocycles. The first-order valence-corrected chi connectivity index (χ1v) is 13.5. The Bertz CT molecular complexity index is 1290. The highest BCUT2D eigenvalue weighted by molar-refractivity contribution is 5.96. The van der Waals surface area contributed by atoms with Crippen molar-refractivity contribution in [2.75, 3.05) is 25.0 Å². The third kappa shape index (κ3) is 5.22. The molecule has 2 aromatic rings. The van der Waals surface area contributed by atoms with E-state index in [1.165, 1.54) is 57.2 Å². The van der Waals surface area contributed by atoms with Gasteiger partial charge in [-0.05, 0) is 61.3 Å². The van der Waals surface area contributed by atoms with E-state index in [9.17, 15) is 0 Å². The lowest BCUT2D eigenvalue weighted by Crippen LogP contribution is -2.58. The molecule has 1 saturated heterocycles. The highest BCUT2D eigenvalue weighted by Crippen LogP contribution is 2.43. The van der Waals surface area contributed by atoms with Crippen LogP contribution in [0.3, 0.4) is 0 Å². The fourth-order valence-corrected chi connectivity index (χ4v) is 6.10. The molecule has 1 atom stereocenters. The van der Waals surface area contributed by atoms with Gasteiger partial charge in [-0.2, -0.15) is 0 Å². The standard InChI is InChI=1S/C31H36N4O.CH4.H2/c1-22-19-32-30(35-20-31(21-35)14-6-3-4-7-15-31)18-26(22)23(2)33-25-12-10-24-11-13-27(34-28(24)17-25)29-9-5-8-16-36-29;;/h8-13,16-18,22,33H,2-7,14-15,19-21H2,1H3;1H4;1H. The van der Waals surface area contributed by atoms with E-state index in [1.807, 2.05) is 12.1 Å². The van der Waals surface area contributed by atoms with Gasteiger partial charge in [0.25, 0.3) is 0 Å². The van der Waals surface area contributed by atoms with Crippen molar-refractivity contribution in [2.24, 2.45) is 16.3 Å². The minimum Gasteiger partial charge on any atom is -0.463 e. The monoisotopic (exact) mass is 498 g/mol. The van der Waals surface area contributed by atoms with E-state index in [0.29, 0.717) is 11.3 Å². The lowest BCUT2D eigenvalue weighted by Gasteiger charge is -2.52. The maximum Gasteiger partial charge on any atom is 0.148 e. The number of pyridine rings is 1. The fraction of sp³-hybridized carbons (Fsp3) is 0.438. The van der Waals surface area contributed by atoms with E-state index in [0.717, 1.165) is 52.5 Å². The van der Waals surface area contributed by atoms with Gasteiger partial charge in [0, 0.05) is 49.2 Å². The molecule has 4 aliphatic rings. The van der Waals surface area contributed by atoms with Crippen LogP contribution in [-0.2, 0) is 4.74 Å². The number of rotatable bonds is 4. The van der Waals surface area contributed by atoms with E-state index in [2.05, 4.69) is 60.1 Å². The minimum absolute atomic E-state index is 0. The van der Waals surface area contributed by atoms with Gasteiger partial charge < -0.3 is 15.0 Å². The van der Waals surface area contributed by atoms with Gasteiger partial charge in [-0.25, -0.2) is 4.98 Å². The van der Waals surface area contributed by atoms with Crippen molar-refractivity contribution in [3.8, 4) is 0 Å². The van der Waals surface area contributed by atoms with Crippen molar-refractivity contribution in [1.82, 2.24) is 9.88 Å². The van der Waals surface area contributed by atoms with Gasteiger partial charge in [-0.3, -0.25) is 4.99 Å². The van der Waals surface area contributed by atoms with Gasteiger partial charge >= 0.3 is 0 Å². The largest absolute Gasteiger partial charge is 0.463 e. The average Bonchev–Trinajstić information content (AvgIpc) is 3.15. The number of anilines is 1. The van der Waals surface area contributed by atoms with Crippen molar-refractivity contribution in [1.29, 1.82) is 0 Å². The summed E-state index contributed by atoms with van der Waals surface area (Å²) in [5.74, 6) is 2.29. The first-order chi connectivity index (χ1) is 17.6. The van der Waals surface area contributed by atoms with Crippen LogP contribution in [0, 0.1) is 11.3 Å². The molecule has 0 bridgehead atoms. The summed E-state index contributed by atoms with van der Waals surface area (Å²) in [4.78, 5) is 12.3. The number of likely N-dealkylation sites (tertiary alicyclic amines) is 1. The lowest BCUT2D eigenvalue weighted by atomic mass is 9.73. The highest BCUT2D eigenvalue weighted by atomic mass is 16.5. The fourth-order valence-electron chi connectivity index (χ4n) is 6.10. The van der Waals surface area contributed by atoms with Crippen LogP contribution >= 0.6 is 0 Å². The zero-order chi connectivity index (χ0) is 24.5. The molecule has 1 spiro atoms. The first-order valence-electron chi connectivity index (χ1n) is 13.5. The van der Waals surface area contributed by atoms with E-state index in [1.54, 1.807) is 6.26 Å². The molecule has 1 aliphatic carbocycles. The molecule has 5 heteroatoms. The summed E-state index contributed by atoms with van der Waals surface area (Å²) in [7, 11) is 0. The summed E-state index contributed by atoms with van der Waals surface area (Å²) in [5, 5.41) is 4.66. The maximum atomic E-state index is 5.65. The molecule has 1 N–H and O–H groups in total. The van der Waals surface area contributed by atoms with Gasteiger partial charge in [-0.15, -0.1) is 0 Å². The third-order valence-electron chi connectivity index (χ3n) is 8.20. The zero-order valence-electron chi connectivity index (χ0n) is 21.3. The number of benzene rings is 1. The van der Waals surface area contributed by atoms with Crippen LogP contribution < -0.4 is 5.32 Å². The van der Waals surface area contributed by atoms with Gasteiger partial charge in [-0.1, -0.05) is 58.7 Å². The number of hydrogen-bond acceptors (Lipinski definition) is 5. The molecule has 6 rings (SSSR count). The van der Waals surface area contributed by atoms with Crippen molar-refractivity contribution in [2.45, 2.75) is 59.3 Å². The normalized spacial score (nSPS) is 22.6. The second-order valence-corrected chi connectivity index (χ2v) is 11.0. The summed E-state index contributed by atoms with van der Waals surface area (Å²) >= 11 is 0. The molecular formula is C32H42N4O. The summed E-state index contributed by atoms with van der Waals surface area (Å²) < 4.78 is 5.65. The Morgan fingerprint density at radius 1 is 1.14 bits per heavy atom. The number of dihydropyridines is 1. The van der Waals surface area contributed by atoms with Crippen LogP contribution in [0.25, 0.3) is 16.7 Å². The molecular weight excluding hydrogens is 456 g/mol. The molecule has 37 heavy (non-hydrogen) atoms. The minimum atomic E-state index is 0. The molecule has 1 aromatic heterocycles. The molecule has 5 nitrogen and oxygen atoms in total. The quantitative estimate of drug-likeness (QED) is 0.465. The Morgan fingerprint density at radius 3 is 2.68 bits per heavy atom.